The first-order valence-corrected chi connectivity index (χ1v) is 19.2. The van der Waals surface area contributed by atoms with Gasteiger partial charge in [-0.05, 0) is 79.5 Å². The van der Waals surface area contributed by atoms with Gasteiger partial charge < -0.3 is 43.0 Å². The summed E-state index contributed by atoms with van der Waals surface area (Å²) in [6, 6.07) is 18.9. The number of amides is 5. The second kappa shape index (κ2) is 21.7. The molecule has 0 aliphatic heterocycles. The highest BCUT2D eigenvalue weighted by Gasteiger charge is 2.29. The lowest BCUT2D eigenvalue weighted by Gasteiger charge is -2.25. The Morgan fingerprint density at radius 3 is 2.05 bits per heavy atom. The zero-order chi connectivity index (χ0) is 41.3. The van der Waals surface area contributed by atoms with Crippen LogP contribution in [-0.2, 0) is 32.0 Å². The van der Waals surface area contributed by atoms with Gasteiger partial charge >= 0.3 is 0 Å². The molecule has 1 aromatic heterocycles. The van der Waals surface area contributed by atoms with Crippen molar-refractivity contribution in [3.63, 3.8) is 0 Å². The van der Waals surface area contributed by atoms with Crippen LogP contribution in [-0.4, -0.2) is 71.7 Å². The third kappa shape index (κ3) is 14.1. The number of fused-ring (bicyclic) bond motifs is 1. The van der Waals surface area contributed by atoms with Crippen molar-refractivity contribution in [2.45, 2.75) is 76.9 Å². The van der Waals surface area contributed by atoms with Crippen LogP contribution in [0.4, 0.5) is 4.39 Å². The number of hydrogen-bond donors (Lipinski definition) is 9. The smallest absolute Gasteiger partial charge is 0.251 e. The van der Waals surface area contributed by atoms with Crippen LogP contribution in [0.2, 0.25) is 0 Å². The number of rotatable bonds is 22. The zero-order valence-corrected chi connectivity index (χ0v) is 32.4. The zero-order valence-electron chi connectivity index (χ0n) is 32.4. The number of primary amides is 1. The third-order valence-corrected chi connectivity index (χ3v) is 9.54. The van der Waals surface area contributed by atoms with Gasteiger partial charge in [0.15, 0.2) is 5.96 Å². The van der Waals surface area contributed by atoms with Gasteiger partial charge in [-0.2, -0.15) is 0 Å². The lowest BCUT2D eigenvalue weighted by atomic mass is 9.91. The number of hydrogen-bond acceptors (Lipinski definition) is 6. The van der Waals surface area contributed by atoms with E-state index in [4.69, 9.17) is 16.9 Å². The van der Waals surface area contributed by atoms with Crippen LogP contribution in [0, 0.1) is 23.1 Å². The van der Waals surface area contributed by atoms with Crippen molar-refractivity contribution >= 4 is 46.4 Å². The lowest BCUT2D eigenvalue weighted by molar-refractivity contribution is -0.133. The molecule has 0 unspecified atom stereocenters. The van der Waals surface area contributed by atoms with E-state index in [1.165, 1.54) is 24.3 Å². The summed E-state index contributed by atoms with van der Waals surface area (Å²) in [5.74, 6) is -3.66. The summed E-state index contributed by atoms with van der Waals surface area (Å²) >= 11 is 0. The second-order valence-corrected chi connectivity index (χ2v) is 14.6. The van der Waals surface area contributed by atoms with Crippen LogP contribution in [0.15, 0.2) is 85.1 Å². The molecule has 0 fully saturated rings. The van der Waals surface area contributed by atoms with E-state index in [1.807, 2.05) is 68.4 Å². The molecule has 3 aromatic carbocycles. The number of aromatic nitrogens is 1. The number of benzene rings is 3. The van der Waals surface area contributed by atoms with Crippen LogP contribution < -0.4 is 38.1 Å². The predicted molar refractivity (Wildman–Crippen MR) is 217 cm³/mol. The summed E-state index contributed by atoms with van der Waals surface area (Å²) < 4.78 is 13.5. The number of nitrogens with one attached hydrogen (secondary N) is 7. The fourth-order valence-corrected chi connectivity index (χ4v) is 6.61. The third-order valence-electron chi connectivity index (χ3n) is 9.54. The second-order valence-electron chi connectivity index (χ2n) is 14.6. The lowest BCUT2D eigenvalue weighted by Crippen LogP contribution is -2.54. The van der Waals surface area contributed by atoms with Crippen molar-refractivity contribution in [2.24, 2.45) is 23.3 Å². The maximum atomic E-state index is 13.9. The topological polar surface area (TPSA) is 237 Å². The fourth-order valence-electron chi connectivity index (χ4n) is 6.61. The molecular formula is C42H54FN9O5. The van der Waals surface area contributed by atoms with Gasteiger partial charge in [0.2, 0.25) is 23.6 Å². The largest absolute Gasteiger partial charge is 0.370 e. The van der Waals surface area contributed by atoms with Gasteiger partial charge in [-0.1, -0.05) is 62.4 Å². The van der Waals surface area contributed by atoms with E-state index in [9.17, 15) is 28.4 Å². The summed E-state index contributed by atoms with van der Waals surface area (Å²) in [5.41, 5.74) is 13.9. The first kappa shape index (κ1) is 43.5. The maximum Gasteiger partial charge on any atom is 0.251 e. The SMILES string of the molecule is CC(C)C[C@H](CCCNC(=O)[C@H](Cc1ccccc1)NC(=O)c1ccc(F)cc1)C(=O)N[C@@H](CCCNC(=N)N)C(=O)N[C@@H](Cc1c[nH]c2ccccc12)C(N)=O. The van der Waals surface area contributed by atoms with Crippen LogP contribution in [0.5, 0.6) is 0 Å². The number of aromatic amines is 1. The van der Waals surface area contributed by atoms with Crippen molar-refractivity contribution in [1.29, 1.82) is 5.41 Å². The molecule has 0 bridgehead atoms. The van der Waals surface area contributed by atoms with Gasteiger partial charge in [-0.3, -0.25) is 29.4 Å². The molecule has 15 heteroatoms. The highest BCUT2D eigenvalue weighted by molar-refractivity contribution is 5.97. The standard InChI is InChI=1S/C42H54FN9O5/c1-26(2)22-29(12-8-20-47-40(56)36(23-27-10-4-3-5-11-27)52-38(54)28-16-18-31(43)19-17-28)39(55)50-34(15-9-21-48-42(45)46)41(57)51-35(37(44)53)24-30-25-49-33-14-7-6-13-32(30)33/h3-7,10-11,13-14,16-19,25-26,29,34-36,49H,8-9,12,15,20-24H2,1-2H3,(H2,44,53)(H,47,56)(H,50,55)(H,51,57)(H,52,54)(H4,45,46,48)/t29-,34-,35-,36-/m0/s1. The van der Waals surface area contributed by atoms with Crippen molar-refractivity contribution in [2.75, 3.05) is 13.1 Å². The van der Waals surface area contributed by atoms with E-state index < -0.39 is 53.5 Å². The number of guanidine groups is 1. The van der Waals surface area contributed by atoms with Gasteiger partial charge in [0.05, 0.1) is 0 Å². The Balaban J connectivity index is 1.40. The van der Waals surface area contributed by atoms with Crippen molar-refractivity contribution in [3.05, 3.63) is 108 Å². The van der Waals surface area contributed by atoms with E-state index in [-0.39, 0.29) is 55.7 Å². The number of nitrogens with two attached hydrogens (primary N) is 2. The minimum atomic E-state index is -1.05. The Labute approximate surface area is 332 Å². The molecule has 5 amide bonds. The number of para-hydroxylation sites is 1. The van der Waals surface area contributed by atoms with Gasteiger partial charge in [-0.15, -0.1) is 0 Å². The number of H-pyrrole nitrogens is 1. The summed E-state index contributed by atoms with van der Waals surface area (Å²) in [5, 5.41) is 22.4. The molecule has 1 heterocycles. The maximum absolute atomic E-state index is 13.9. The molecule has 0 aliphatic rings. The Morgan fingerprint density at radius 2 is 1.37 bits per heavy atom. The van der Waals surface area contributed by atoms with Gasteiger partial charge in [-0.25, -0.2) is 4.39 Å². The summed E-state index contributed by atoms with van der Waals surface area (Å²) in [4.78, 5) is 69.8. The Hall–Kier alpha value is -6.25. The molecule has 304 valence electrons. The van der Waals surface area contributed by atoms with Gasteiger partial charge in [0.1, 0.15) is 23.9 Å². The predicted octanol–water partition coefficient (Wildman–Crippen LogP) is 3.17. The normalized spacial score (nSPS) is 13.2. The summed E-state index contributed by atoms with van der Waals surface area (Å²) in [7, 11) is 0. The summed E-state index contributed by atoms with van der Waals surface area (Å²) in [6.07, 6.45) is 4.02. The van der Waals surface area contributed by atoms with Crippen LogP contribution in [0.25, 0.3) is 10.9 Å². The Bertz CT molecular complexity index is 1970. The molecule has 57 heavy (non-hydrogen) atoms. The molecule has 14 nitrogen and oxygen atoms in total. The molecule has 4 atom stereocenters. The van der Waals surface area contributed by atoms with Crippen molar-refractivity contribution in [3.8, 4) is 0 Å². The molecule has 0 saturated carbocycles. The average Bonchev–Trinajstić information content (AvgIpc) is 3.59. The van der Waals surface area contributed by atoms with E-state index in [1.54, 1.807) is 6.20 Å². The molecule has 4 aromatic rings. The Morgan fingerprint density at radius 1 is 0.719 bits per heavy atom. The first-order chi connectivity index (χ1) is 27.3. The molecule has 0 saturated heterocycles. The molecule has 11 N–H and O–H groups in total. The number of halogens is 1. The highest BCUT2D eigenvalue weighted by atomic mass is 19.1. The van der Waals surface area contributed by atoms with Crippen LogP contribution >= 0.6 is 0 Å². The van der Waals surface area contributed by atoms with E-state index in [2.05, 4.69) is 31.6 Å². The molecule has 0 spiro atoms. The average molecular weight is 784 g/mol. The first-order valence-electron chi connectivity index (χ1n) is 19.2. The van der Waals surface area contributed by atoms with Gasteiger partial charge in [0.25, 0.3) is 5.91 Å². The quantitative estimate of drug-likeness (QED) is 0.0328. The minimum Gasteiger partial charge on any atom is -0.370 e. The van der Waals surface area contributed by atoms with E-state index >= 15 is 0 Å². The van der Waals surface area contributed by atoms with Gasteiger partial charge in [0, 0.05) is 54.5 Å². The highest BCUT2D eigenvalue weighted by Crippen LogP contribution is 2.20. The Kier molecular flexibility index (Phi) is 16.6. The molecule has 4 rings (SSSR count). The minimum absolute atomic E-state index is 0.134. The molecule has 0 aliphatic carbocycles. The molecule has 0 radical (unpaired) electrons. The fraction of sp³-hybridized carbons (Fsp3) is 0.381. The van der Waals surface area contributed by atoms with Crippen LogP contribution in [0.1, 0.15) is 67.4 Å². The molecular weight excluding hydrogens is 730 g/mol. The van der Waals surface area contributed by atoms with E-state index in [0.717, 1.165) is 22.0 Å². The summed E-state index contributed by atoms with van der Waals surface area (Å²) in [6.45, 7) is 4.47. The van der Waals surface area contributed by atoms with E-state index in [0.29, 0.717) is 25.7 Å². The van der Waals surface area contributed by atoms with Crippen molar-refractivity contribution < 1.29 is 28.4 Å². The monoisotopic (exact) mass is 783 g/mol. The van der Waals surface area contributed by atoms with Crippen molar-refractivity contribution in [1.82, 2.24) is 31.6 Å². The van der Waals surface area contributed by atoms with Crippen LogP contribution in [0.3, 0.4) is 0 Å². The number of carbonyl (C=O) groups excluding carboxylic acids is 5. The number of carbonyl (C=O) groups is 5.